The minimum atomic E-state index is -0.945. The molecular formula is C38H60N4O6. The van der Waals surface area contributed by atoms with E-state index in [1.807, 2.05) is 46.5 Å². The number of hydrogen-bond acceptors (Lipinski definition) is 8. The first kappa shape index (κ1) is 38.2. The van der Waals surface area contributed by atoms with Gasteiger partial charge in [-0.3, -0.25) is 19.3 Å². The third kappa shape index (κ3) is 9.34. The summed E-state index contributed by atoms with van der Waals surface area (Å²) < 4.78 is 0. The molecule has 2 heterocycles. The number of piperidine rings is 2. The van der Waals surface area contributed by atoms with Crippen molar-refractivity contribution in [3.8, 4) is 0 Å². The van der Waals surface area contributed by atoms with Crippen molar-refractivity contribution in [2.45, 2.75) is 154 Å². The van der Waals surface area contributed by atoms with Crippen LogP contribution in [0.3, 0.4) is 0 Å². The first-order chi connectivity index (χ1) is 21.8. The van der Waals surface area contributed by atoms with Crippen molar-refractivity contribution < 1.29 is 29.5 Å². The van der Waals surface area contributed by atoms with E-state index in [0.29, 0.717) is 36.8 Å². The molecular weight excluding hydrogens is 608 g/mol. The van der Waals surface area contributed by atoms with Crippen molar-refractivity contribution in [3.63, 3.8) is 0 Å². The van der Waals surface area contributed by atoms with E-state index in [0.717, 1.165) is 10.8 Å². The zero-order valence-electron chi connectivity index (χ0n) is 31.3. The van der Waals surface area contributed by atoms with Crippen LogP contribution < -0.4 is 10.6 Å². The van der Waals surface area contributed by atoms with Gasteiger partial charge in [0.15, 0.2) is 0 Å². The molecule has 2 aromatic carbocycles. The second-order valence-corrected chi connectivity index (χ2v) is 17.9. The number of benzene rings is 2. The fourth-order valence-corrected chi connectivity index (χ4v) is 7.94. The Hall–Kier alpha value is -2.60. The Labute approximate surface area is 287 Å². The molecule has 0 atom stereocenters. The van der Waals surface area contributed by atoms with Crippen molar-refractivity contribution in [2.75, 3.05) is 13.2 Å². The summed E-state index contributed by atoms with van der Waals surface area (Å²) in [5.74, 6) is -0.270. The number of nitrogens with one attached hydrogen (secondary N) is 2. The Morgan fingerprint density at radius 3 is 1.21 bits per heavy atom. The minimum absolute atomic E-state index is 0.0545. The normalized spacial score (nSPS) is 22.0. The van der Waals surface area contributed by atoms with Crippen molar-refractivity contribution in [1.82, 2.24) is 20.8 Å². The Bertz CT molecular complexity index is 1340. The van der Waals surface area contributed by atoms with Crippen molar-refractivity contribution in [3.05, 3.63) is 47.5 Å². The number of hydrogen-bond donors (Lipinski definition) is 4. The van der Waals surface area contributed by atoms with Gasteiger partial charge in [-0.05, 0) is 144 Å². The van der Waals surface area contributed by atoms with Crippen LogP contribution in [-0.4, -0.2) is 90.8 Å². The van der Waals surface area contributed by atoms with Crippen LogP contribution in [0.4, 0.5) is 0 Å². The summed E-state index contributed by atoms with van der Waals surface area (Å²) in [6.45, 7) is 24.1. The van der Waals surface area contributed by atoms with E-state index in [4.69, 9.17) is 9.68 Å². The van der Waals surface area contributed by atoms with Gasteiger partial charge in [0.1, 0.15) is 0 Å². The minimum Gasteiger partial charge on any atom is -0.388 e. The second-order valence-electron chi connectivity index (χ2n) is 17.9. The molecule has 0 spiro atoms. The number of hydroxylamine groups is 4. The molecule has 10 heteroatoms. The van der Waals surface area contributed by atoms with Crippen LogP contribution in [-0.2, 0) is 9.68 Å². The van der Waals surface area contributed by atoms with E-state index < -0.39 is 11.2 Å². The van der Waals surface area contributed by atoms with Gasteiger partial charge in [0.05, 0.1) is 24.4 Å². The Morgan fingerprint density at radius 1 is 0.646 bits per heavy atom. The lowest BCUT2D eigenvalue weighted by Crippen LogP contribution is -2.64. The number of carbonyl (C=O) groups is 2. The third-order valence-electron chi connectivity index (χ3n) is 9.31. The van der Waals surface area contributed by atoms with Crippen molar-refractivity contribution in [1.29, 1.82) is 0 Å². The molecule has 2 aromatic rings. The molecule has 10 nitrogen and oxygen atoms in total. The monoisotopic (exact) mass is 668 g/mol. The molecule has 4 N–H and O–H groups in total. The van der Waals surface area contributed by atoms with Gasteiger partial charge in [-0.15, -0.1) is 0 Å². The van der Waals surface area contributed by atoms with Gasteiger partial charge < -0.3 is 20.8 Å². The fraction of sp³-hybridized carbons (Fsp3) is 0.684. The number of fused-ring (bicyclic) bond motifs is 1. The number of rotatable bonds is 10. The number of nitrogens with zero attached hydrogens (tertiary/aromatic N) is 2. The zero-order valence-corrected chi connectivity index (χ0v) is 31.3. The smallest absolute Gasteiger partial charge is 0.251 e. The molecule has 4 rings (SSSR count). The molecule has 0 aromatic heterocycles. The first-order valence-electron chi connectivity index (χ1n) is 17.3. The Balaban J connectivity index is 1.40. The van der Waals surface area contributed by atoms with Gasteiger partial charge in [0, 0.05) is 45.4 Å². The summed E-state index contributed by atoms with van der Waals surface area (Å²) in [6, 6.07) is 11.1. The lowest BCUT2D eigenvalue weighted by Gasteiger charge is -2.54. The standard InChI is InChI=1S/C38H60N4O6/c1-33(2)19-29(20-34(3,4)41(33)47-23-37(9,10)45)39-31(43)27-15-13-26-18-28(16-14-25(26)17-27)32(44)40-30-21-35(5,6)42(36(7,8)22-30)48-24-38(11,12)46/h13-18,29-30,45-46H,19-24H2,1-12H3,(H,39,43)(H,40,44). The maximum absolute atomic E-state index is 13.5. The molecule has 0 saturated carbocycles. The van der Waals surface area contributed by atoms with Crippen LogP contribution in [0.15, 0.2) is 36.4 Å². The van der Waals surface area contributed by atoms with Crippen molar-refractivity contribution in [2.24, 2.45) is 0 Å². The van der Waals surface area contributed by atoms with E-state index in [9.17, 15) is 19.8 Å². The molecule has 2 aliphatic heterocycles. The van der Waals surface area contributed by atoms with Gasteiger partial charge in [-0.1, -0.05) is 12.1 Å². The molecule has 2 fully saturated rings. The zero-order chi connectivity index (χ0) is 36.1. The molecule has 2 aliphatic rings. The first-order valence-corrected chi connectivity index (χ1v) is 17.3. The lowest BCUT2D eigenvalue weighted by molar-refractivity contribution is -0.299. The van der Waals surface area contributed by atoms with Crippen LogP contribution in [0.25, 0.3) is 10.8 Å². The fourth-order valence-electron chi connectivity index (χ4n) is 7.94. The summed E-state index contributed by atoms with van der Waals surface area (Å²) in [6.07, 6.45) is 2.78. The topological polar surface area (TPSA) is 124 Å². The predicted octanol–water partition coefficient (Wildman–Crippen LogP) is 5.75. The summed E-state index contributed by atoms with van der Waals surface area (Å²) in [4.78, 5) is 39.1. The van der Waals surface area contributed by atoms with E-state index in [-0.39, 0.29) is 59.3 Å². The van der Waals surface area contributed by atoms with Gasteiger partial charge in [-0.2, -0.15) is 10.1 Å². The second kappa shape index (κ2) is 13.3. The highest BCUT2D eigenvalue weighted by Gasteiger charge is 2.48. The van der Waals surface area contributed by atoms with Gasteiger partial charge in [-0.25, -0.2) is 0 Å². The van der Waals surface area contributed by atoms with Crippen LogP contribution in [0.5, 0.6) is 0 Å². The summed E-state index contributed by atoms with van der Waals surface area (Å²) >= 11 is 0. The highest BCUT2D eigenvalue weighted by Crippen LogP contribution is 2.40. The number of aliphatic hydroxyl groups is 2. The van der Waals surface area contributed by atoms with Gasteiger partial charge >= 0.3 is 0 Å². The highest BCUT2D eigenvalue weighted by atomic mass is 16.7. The average Bonchev–Trinajstić information content (AvgIpc) is 2.88. The summed E-state index contributed by atoms with van der Waals surface area (Å²) in [7, 11) is 0. The van der Waals surface area contributed by atoms with Crippen molar-refractivity contribution >= 4 is 22.6 Å². The molecule has 48 heavy (non-hydrogen) atoms. The van der Waals surface area contributed by atoms with Crippen LogP contribution in [0.1, 0.15) is 129 Å². The molecule has 2 saturated heterocycles. The Morgan fingerprint density at radius 2 is 0.938 bits per heavy atom. The Kier molecular flexibility index (Phi) is 10.6. The van der Waals surface area contributed by atoms with Crippen LogP contribution >= 0.6 is 0 Å². The highest BCUT2D eigenvalue weighted by molar-refractivity contribution is 6.02. The largest absolute Gasteiger partial charge is 0.388 e. The van der Waals surface area contributed by atoms with Gasteiger partial charge in [0.2, 0.25) is 0 Å². The quantitative estimate of drug-likeness (QED) is 0.253. The lowest BCUT2D eigenvalue weighted by atomic mass is 9.78. The molecule has 0 aliphatic carbocycles. The van der Waals surface area contributed by atoms with Crippen LogP contribution in [0, 0.1) is 0 Å². The maximum atomic E-state index is 13.5. The van der Waals surface area contributed by atoms with E-state index in [1.165, 1.54) is 0 Å². The van der Waals surface area contributed by atoms with Gasteiger partial charge in [0.25, 0.3) is 11.8 Å². The molecule has 268 valence electrons. The molecule has 0 radical (unpaired) electrons. The maximum Gasteiger partial charge on any atom is 0.251 e. The molecule has 2 amide bonds. The third-order valence-corrected chi connectivity index (χ3v) is 9.31. The number of carbonyl (C=O) groups excluding carboxylic acids is 2. The molecule has 0 unspecified atom stereocenters. The van der Waals surface area contributed by atoms with Crippen LogP contribution in [0.2, 0.25) is 0 Å². The summed E-state index contributed by atoms with van der Waals surface area (Å²) in [5, 5.41) is 32.6. The number of amides is 2. The average molecular weight is 669 g/mol. The van der Waals surface area contributed by atoms with E-state index in [2.05, 4.69) is 66.0 Å². The summed E-state index contributed by atoms with van der Waals surface area (Å²) in [5.41, 5.74) is -2.20. The SMILES string of the molecule is CC(C)(O)CON1C(C)(C)CC(NC(=O)c2ccc3cc(C(=O)NC4CC(C)(C)N(OCC(C)(C)O)C(C)(C)C4)ccc3c2)CC1(C)C. The van der Waals surface area contributed by atoms with E-state index >= 15 is 0 Å². The molecule has 0 bridgehead atoms. The predicted molar refractivity (Wildman–Crippen MR) is 189 cm³/mol. The van der Waals surface area contributed by atoms with E-state index in [1.54, 1.807) is 27.7 Å².